The summed E-state index contributed by atoms with van der Waals surface area (Å²) in [6, 6.07) is 5.79. The van der Waals surface area contributed by atoms with Crippen molar-refractivity contribution in [1.29, 1.82) is 0 Å². The van der Waals surface area contributed by atoms with Crippen molar-refractivity contribution < 1.29 is 26.4 Å². The summed E-state index contributed by atoms with van der Waals surface area (Å²) in [6.45, 7) is -0.772. The molecule has 2 rings (SSSR count). The van der Waals surface area contributed by atoms with Crippen LogP contribution in [0.2, 0.25) is 5.02 Å². The van der Waals surface area contributed by atoms with Crippen molar-refractivity contribution >= 4 is 39.4 Å². The Morgan fingerprint density at radius 3 is 2.50 bits per heavy atom. The fourth-order valence-electron chi connectivity index (χ4n) is 2.08. The van der Waals surface area contributed by atoms with Crippen molar-refractivity contribution in [2.45, 2.75) is 6.18 Å². The van der Waals surface area contributed by atoms with Crippen molar-refractivity contribution in [3.63, 3.8) is 0 Å². The van der Waals surface area contributed by atoms with Gasteiger partial charge in [0.1, 0.15) is 6.54 Å². The first-order valence-corrected chi connectivity index (χ1v) is 9.77. The molecule has 1 aromatic heterocycles. The van der Waals surface area contributed by atoms with E-state index >= 15 is 0 Å². The van der Waals surface area contributed by atoms with Crippen LogP contribution in [-0.2, 0) is 21.0 Å². The van der Waals surface area contributed by atoms with E-state index in [-0.39, 0.29) is 5.69 Å². The van der Waals surface area contributed by atoms with E-state index < -0.39 is 39.2 Å². The number of anilines is 1. The van der Waals surface area contributed by atoms with E-state index in [0.717, 1.165) is 18.4 Å². The summed E-state index contributed by atoms with van der Waals surface area (Å²) in [6.07, 6.45) is 0.296. The highest BCUT2D eigenvalue weighted by atomic mass is 35.5. The van der Waals surface area contributed by atoms with Gasteiger partial charge in [-0.1, -0.05) is 11.6 Å². The molecule has 7 nitrogen and oxygen atoms in total. The fourth-order valence-corrected chi connectivity index (χ4v) is 3.15. The first kappa shape index (κ1) is 21.6. The predicted octanol–water partition coefficient (Wildman–Crippen LogP) is 2.67. The third-order valence-electron chi connectivity index (χ3n) is 3.34. The van der Waals surface area contributed by atoms with Crippen molar-refractivity contribution in [2.24, 2.45) is 5.10 Å². The molecule has 0 bridgehead atoms. The fraction of sp³-hybridized carbons (Fsp3) is 0.188. The molecule has 2 aromatic rings. The number of carbonyl (C=O) groups is 1. The summed E-state index contributed by atoms with van der Waals surface area (Å²) in [5.41, 5.74) is 1.18. The third-order valence-corrected chi connectivity index (χ3v) is 4.81. The Hall–Kier alpha value is -2.66. The zero-order chi connectivity index (χ0) is 20.9. The molecule has 0 radical (unpaired) electrons. The molecule has 0 saturated heterocycles. The minimum Gasteiger partial charge on any atom is -0.271 e. The van der Waals surface area contributed by atoms with Gasteiger partial charge in [0.25, 0.3) is 5.91 Å². The number of sulfonamides is 1. The van der Waals surface area contributed by atoms with Gasteiger partial charge in [0.15, 0.2) is 0 Å². The number of halogens is 4. The number of rotatable bonds is 6. The molecule has 1 heterocycles. The average molecular weight is 435 g/mol. The van der Waals surface area contributed by atoms with Gasteiger partial charge in [-0.05, 0) is 35.9 Å². The number of aromatic nitrogens is 1. The molecule has 0 aliphatic carbocycles. The van der Waals surface area contributed by atoms with Crippen LogP contribution in [0.5, 0.6) is 0 Å². The zero-order valence-corrected chi connectivity index (χ0v) is 15.9. The lowest BCUT2D eigenvalue weighted by molar-refractivity contribution is -0.137. The lowest BCUT2D eigenvalue weighted by atomic mass is 10.2. The predicted molar refractivity (Wildman–Crippen MR) is 98.6 cm³/mol. The molecule has 0 aliphatic rings. The molecular formula is C16H14ClF3N4O3S. The Labute approximate surface area is 163 Å². The van der Waals surface area contributed by atoms with Gasteiger partial charge in [0, 0.05) is 12.4 Å². The molecular weight excluding hydrogens is 421 g/mol. The summed E-state index contributed by atoms with van der Waals surface area (Å²) in [5.74, 6) is -0.848. The molecule has 150 valence electrons. The number of pyridine rings is 1. The molecule has 28 heavy (non-hydrogen) atoms. The quantitative estimate of drug-likeness (QED) is 0.559. The van der Waals surface area contributed by atoms with E-state index in [2.05, 4.69) is 15.5 Å². The van der Waals surface area contributed by atoms with Gasteiger partial charge < -0.3 is 0 Å². The third kappa shape index (κ3) is 5.92. The monoisotopic (exact) mass is 434 g/mol. The van der Waals surface area contributed by atoms with Gasteiger partial charge in [-0.3, -0.25) is 14.1 Å². The van der Waals surface area contributed by atoms with Gasteiger partial charge in [-0.25, -0.2) is 13.8 Å². The number of carbonyl (C=O) groups excluding carboxylic acids is 1. The maximum absolute atomic E-state index is 13.0. The first-order valence-electron chi connectivity index (χ1n) is 7.55. The molecule has 12 heteroatoms. The van der Waals surface area contributed by atoms with Crippen molar-refractivity contribution in [3.05, 3.63) is 58.9 Å². The van der Waals surface area contributed by atoms with E-state index in [9.17, 15) is 26.4 Å². The van der Waals surface area contributed by atoms with Gasteiger partial charge in [0.2, 0.25) is 10.0 Å². The highest BCUT2D eigenvalue weighted by molar-refractivity contribution is 7.92. The van der Waals surface area contributed by atoms with Crippen LogP contribution < -0.4 is 9.73 Å². The minimum atomic E-state index is -4.78. The number of alkyl halides is 3. The SMILES string of the molecule is CS(=O)(=O)N(CC(=O)N/N=C\c1ccncc1)c1ccc(Cl)c(C(F)(F)F)c1. The van der Waals surface area contributed by atoms with E-state index in [1.165, 1.54) is 18.6 Å². The summed E-state index contributed by atoms with van der Waals surface area (Å²) in [4.78, 5) is 15.8. The number of amides is 1. The summed E-state index contributed by atoms with van der Waals surface area (Å²) in [5, 5.41) is 3.08. The van der Waals surface area contributed by atoms with Crippen molar-refractivity contribution in [2.75, 3.05) is 17.1 Å². The molecule has 0 fully saturated rings. The normalized spacial score (nSPS) is 12.2. The molecule has 1 aromatic carbocycles. The first-order chi connectivity index (χ1) is 13.0. The Balaban J connectivity index is 2.21. The highest BCUT2D eigenvalue weighted by Crippen LogP contribution is 2.37. The van der Waals surface area contributed by atoms with Gasteiger partial charge in [0.05, 0.1) is 28.7 Å². The Kier molecular flexibility index (Phi) is 6.62. The van der Waals surface area contributed by atoms with Crippen molar-refractivity contribution in [3.8, 4) is 0 Å². The van der Waals surface area contributed by atoms with Gasteiger partial charge in [-0.15, -0.1) is 0 Å². The van der Waals surface area contributed by atoms with E-state index in [1.807, 2.05) is 0 Å². The lowest BCUT2D eigenvalue weighted by Crippen LogP contribution is -2.39. The Bertz CT molecular complexity index is 982. The molecule has 0 unspecified atom stereocenters. The number of benzene rings is 1. The van der Waals surface area contributed by atoms with Crippen LogP contribution in [0.4, 0.5) is 18.9 Å². The maximum atomic E-state index is 13.0. The van der Waals surface area contributed by atoms with Crippen LogP contribution in [0.25, 0.3) is 0 Å². The van der Waals surface area contributed by atoms with Crippen LogP contribution in [-0.4, -0.2) is 38.3 Å². The van der Waals surface area contributed by atoms with E-state index in [0.29, 0.717) is 15.9 Å². The molecule has 1 N–H and O–H groups in total. The maximum Gasteiger partial charge on any atom is 0.417 e. The molecule has 0 saturated carbocycles. The molecule has 0 aliphatic heterocycles. The highest BCUT2D eigenvalue weighted by Gasteiger charge is 2.34. The summed E-state index contributed by atoms with van der Waals surface area (Å²) in [7, 11) is -4.06. The van der Waals surface area contributed by atoms with Crippen LogP contribution in [0.1, 0.15) is 11.1 Å². The van der Waals surface area contributed by atoms with Crippen LogP contribution >= 0.6 is 11.6 Å². The second-order valence-electron chi connectivity index (χ2n) is 5.51. The average Bonchev–Trinajstić information content (AvgIpc) is 2.59. The van der Waals surface area contributed by atoms with Crippen molar-refractivity contribution in [1.82, 2.24) is 10.4 Å². The van der Waals surface area contributed by atoms with E-state index in [1.54, 1.807) is 12.1 Å². The Morgan fingerprint density at radius 1 is 1.29 bits per heavy atom. The zero-order valence-electron chi connectivity index (χ0n) is 14.3. The number of nitrogens with zero attached hydrogens (tertiary/aromatic N) is 3. The smallest absolute Gasteiger partial charge is 0.271 e. The summed E-state index contributed by atoms with van der Waals surface area (Å²) < 4.78 is 63.6. The summed E-state index contributed by atoms with van der Waals surface area (Å²) >= 11 is 5.54. The lowest BCUT2D eigenvalue weighted by Gasteiger charge is -2.22. The van der Waals surface area contributed by atoms with Gasteiger partial charge >= 0.3 is 6.18 Å². The largest absolute Gasteiger partial charge is 0.417 e. The Morgan fingerprint density at radius 2 is 1.93 bits per heavy atom. The number of hydrazone groups is 1. The second kappa shape index (κ2) is 8.57. The van der Waals surface area contributed by atoms with Crippen LogP contribution in [0, 0.1) is 0 Å². The number of hydrogen-bond acceptors (Lipinski definition) is 5. The minimum absolute atomic E-state index is 0.354. The van der Waals surface area contributed by atoms with E-state index in [4.69, 9.17) is 11.6 Å². The molecule has 0 spiro atoms. The van der Waals surface area contributed by atoms with Crippen LogP contribution in [0.15, 0.2) is 47.8 Å². The standard InChI is InChI=1S/C16H14ClF3N4O3S/c1-28(26,27)24(12-2-3-14(17)13(8-12)16(18,19)20)10-15(25)23-22-9-11-4-6-21-7-5-11/h2-9H,10H2,1H3,(H,23,25)/b22-9-. The number of hydrogen-bond donors (Lipinski definition) is 1. The van der Waals surface area contributed by atoms with Gasteiger partial charge in [-0.2, -0.15) is 18.3 Å². The number of nitrogens with one attached hydrogen (secondary N) is 1. The molecule has 1 amide bonds. The second-order valence-corrected chi connectivity index (χ2v) is 7.82. The van der Waals surface area contributed by atoms with Crippen LogP contribution in [0.3, 0.4) is 0 Å². The molecule has 0 atom stereocenters. The topological polar surface area (TPSA) is 91.7 Å².